The Balaban J connectivity index is 2.60. The Hall–Kier alpha value is -1.22. The average Bonchev–Trinajstić information content (AvgIpc) is 2.32. The molecule has 2 N–H and O–H groups in total. The average molecular weight is 238 g/mol. The first-order chi connectivity index (χ1) is 8.07. The van der Waals surface area contributed by atoms with Gasteiger partial charge in [-0.1, -0.05) is 0 Å². The zero-order valence-corrected chi connectivity index (χ0v) is 10.9. The number of hydrogen-bond donors (Lipinski definition) is 2. The maximum atomic E-state index is 9.77. The van der Waals surface area contributed by atoms with Crippen molar-refractivity contribution in [2.24, 2.45) is 0 Å². The van der Waals surface area contributed by atoms with Gasteiger partial charge in [0.2, 0.25) is 0 Å². The van der Waals surface area contributed by atoms with Crippen molar-refractivity contribution in [3.63, 3.8) is 0 Å². The third-order valence-corrected chi connectivity index (χ3v) is 3.07. The second-order valence-electron chi connectivity index (χ2n) is 4.42. The molecule has 1 rings (SSSR count). The van der Waals surface area contributed by atoms with Gasteiger partial charge in [-0.25, -0.2) is 0 Å². The summed E-state index contributed by atoms with van der Waals surface area (Å²) in [4.78, 5) is 0. The van der Waals surface area contributed by atoms with Crippen molar-refractivity contribution < 1.29 is 14.9 Å². The first kappa shape index (κ1) is 13.8. The van der Waals surface area contributed by atoms with Gasteiger partial charge in [-0.05, 0) is 62.8 Å². The van der Waals surface area contributed by atoms with Crippen LogP contribution in [0.3, 0.4) is 0 Å². The predicted octanol–water partition coefficient (Wildman–Crippen LogP) is 2.86. The molecule has 0 heterocycles. The number of ether oxygens (including phenoxy) is 1. The minimum Gasteiger partial charge on any atom is -0.507 e. The number of phenolic OH excluding ortho intramolecular Hbond substituents is 1. The summed E-state index contributed by atoms with van der Waals surface area (Å²) in [7, 11) is 0. The first-order valence-corrected chi connectivity index (χ1v) is 6.11. The van der Waals surface area contributed by atoms with Gasteiger partial charge in [0.1, 0.15) is 11.5 Å². The van der Waals surface area contributed by atoms with Crippen LogP contribution in [-0.4, -0.2) is 23.4 Å². The van der Waals surface area contributed by atoms with Gasteiger partial charge in [0, 0.05) is 6.61 Å². The van der Waals surface area contributed by atoms with Crippen LogP contribution >= 0.6 is 0 Å². The molecule has 1 aromatic rings. The number of phenols is 1. The molecule has 0 fully saturated rings. The van der Waals surface area contributed by atoms with Crippen LogP contribution in [0.5, 0.6) is 11.5 Å². The van der Waals surface area contributed by atoms with E-state index in [4.69, 9.17) is 9.84 Å². The molecule has 3 heteroatoms. The van der Waals surface area contributed by atoms with Crippen LogP contribution in [0.4, 0.5) is 0 Å². The van der Waals surface area contributed by atoms with Crippen molar-refractivity contribution in [1.29, 1.82) is 0 Å². The van der Waals surface area contributed by atoms with Crippen LogP contribution in [0.2, 0.25) is 0 Å². The molecule has 0 bridgehead atoms. The highest BCUT2D eigenvalue weighted by atomic mass is 16.5. The predicted molar refractivity (Wildman–Crippen MR) is 68.7 cm³/mol. The highest BCUT2D eigenvalue weighted by Crippen LogP contribution is 2.31. The lowest BCUT2D eigenvalue weighted by atomic mass is 10.0. The molecule has 0 aliphatic heterocycles. The zero-order valence-electron chi connectivity index (χ0n) is 10.9. The van der Waals surface area contributed by atoms with E-state index in [9.17, 15) is 5.11 Å². The third kappa shape index (κ3) is 3.63. The fourth-order valence-electron chi connectivity index (χ4n) is 1.75. The van der Waals surface area contributed by atoms with Gasteiger partial charge < -0.3 is 14.9 Å². The smallest absolute Gasteiger partial charge is 0.122 e. The maximum absolute atomic E-state index is 9.77. The third-order valence-electron chi connectivity index (χ3n) is 3.07. The first-order valence-electron chi connectivity index (χ1n) is 6.11. The van der Waals surface area contributed by atoms with Gasteiger partial charge in [0.15, 0.2) is 0 Å². The molecule has 0 amide bonds. The Kier molecular flexibility index (Phi) is 5.29. The molecule has 0 spiro atoms. The molecular weight excluding hydrogens is 216 g/mol. The molecule has 3 nitrogen and oxygen atoms in total. The second-order valence-corrected chi connectivity index (χ2v) is 4.42. The summed E-state index contributed by atoms with van der Waals surface area (Å²) < 4.78 is 5.71. The van der Waals surface area contributed by atoms with E-state index in [1.807, 2.05) is 26.8 Å². The lowest BCUT2D eigenvalue weighted by molar-refractivity contribution is 0.265. The van der Waals surface area contributed by atoms with Gasteiger partial charge in [-0.3, -0.25) is 0 Å². The Morgan fingerprint density at radius 1 is 1.06 bits per heavy atom. The number of rotatable bonds is 6. The van der Waals surface area contributed by atoms with E-state index < -0.39 is 0 Å². The lowest BCUT2D eigenvalue weighted by Crippen LogP contribution is -2.01. The minimum atomic E-state index is 0.246. The summed E-state index contributed by atoms with van der Waals surface area (Å²) in [5.41, 5.74) is 2.73. The summed E-state index contributed by atoms with van der Waals surface area (Å²) in [6, 6.07) is 1.88. The Morgan fingerprint density at radius 3 is 2.41 bits per heavy atom. The second kappa shape index (κ2) is 6.50. The fraction of sp³-hybridized carbons (Fsp3) is 0.571. The number of hydrogen-bond acceptors (Lipinski definition) is 3. The number of benzene rings is 1. The molecular formula is C14H22O3. The molecule has 0 aliphatic carbocycles. The molecule has 0 aliphatic rings. The molecule has 1 aromatic carbocycles. The largest absolute Gasteiger partial charge is 0.507 e. The van der Waals surface area contributed by atoms with Gasteiger partial charge in [-0.2, -0.15) is 0 Å². The van der Waals surface area contributed by atoms with E-state index in [2.05, 4.69) is 0 Å². The van der Waals surface area contributed by atoms with Crippen LogP contribution in [0.1, 0.15) is 36.0 Å². The van der Waals surface area contributed by atoms with Crippen molar-refractivity contribution in [2.45, 2.75) is 40.0 Å². The lowest BCUT2D eigenvalue weighted by Gasteiger charge is -2.14. The zero-order chi connectivity index (χ0) is 12.8. The van der Waals surface area contributed by atoms with Gasteiger partial charge in [0.25, 0.3) is 0 Å². The molecule has 0 atom stereocenters. The van der Waals surface area contributed by atoms with E-state index in [1.165, 1.54) is 0 Å². The van der Waals surface area contributed by atoms with E-state index in [0.717, 1.165) is 41.7 Å². The van der Waals surface area contributed by atoms with Gasteiger partial charge in [-0.15, -0.1) is 0 Å². The molecule has 0 saturated carbocycles. The summed E-state index contributed by atoms with van der Waals surface area (Å²) in [5.74, 6) is 1.21. The minimum absolute atomic E-state index is 0.246. The molecule has 17 heavy (non-hydrogen) atoms. The Bertz CT molecular complexity index is 372. The van der Waals surface area contributed by atoms with Crippen LogP contribution < -0.4 is 4.74 Å². The van der Waals surface area contributed by atoms with E-state index in [0.29, 0.717) is 12.4 Å². The standard InChI is InChI=1S/C14H22O3/c1-10-9-13(11(2)12(3)14(10)16)17-8-6-4-5-7-15/h9,15-16H,4-8H2,1-3H3. The van der Waals surface area contributed by atoms with Crippen LogP contribution in [0.25, 0.3) is 0 Å². The Labute approximate surface area is 103 Å². The summed E-state index contributed by atoms with van der Waals surface area (Å²) in [6.07, 6.45) is 2.75. The number of aliphatic hydroxyl groups excluding tert-OH is 1. The summed E-state index contributed by atoms with van der Waals surface area (Å²) >= 11 is 0. The van der Waals surface area contributed by atoms with Crippen LogP contribution in [-0.2, 0) is 0 Å². The molecule has 0 radical (unpaired) electrons. The van der Waals surface area contributed by atoms with Crippen molar-refractivity contribution in [2.75, 3.05) is 13.2 Å². The number of aromatic hydroxyl groups is 1. The van der Waals surface area contributed by atoms with Crippen molar-refractivity contribution >= 4 is 0 Å². The molecule has 0 unspecified atom stereocenters. The van der Waals surface area contributed by atoms with E-state index in [1.54, 1.807) is 0 Å². The number of aryl methyl sites for hydroxylation is 1. The Morgan fingerprint density at radius 2 is 1.76 bits per heavy atom. The molecule has 96 valence electrons. The summed E-state index contributed by atoms with van der Waals surface area (Å²) in [5, 5.41) is 18.4. The van der Waals surface area contributed by atoms with Crippen molar-refractivity contribution in [3.8, 4) is 11.5 Å². The number of unbranched alkanes of at least 4 members (excludes halogenated alkanes) is 2. The topological polar surface area (TPSA) is 49.7 Å². The van der Waals surface area contributed by atoms with Gasteiger partial charge >= 0.3 is 0 Å². The molecule has 0 saturated heterocycles. The maximum Gasteiger partial charge on any atom is 0.122 e. The monoisotopic (exact) mass is 238 g/mol. The normalized spacial score (nSPS) is 10.6. The SMILES string of the molecule is Cc1cc(OCCCCCO)c(C)c(C)c1O. The van der Waals surface area contributed by atoms with Crippen LogP contribution in [0.15, 0.2) is 6.07 Å². The quantitative estimate of drug-likeness (QED) is 0.749. The van der Waals surface area contributed by atoms with Crippen LogP contribution in [0, 0.1) is 20.8 Å². The highest BCUT2D eigenvalue weighted by Gasteiger charge is 2.09. The molecule has 0 aromatic heterocycles. The number of aliphatic hydroxyl groups is 1. The highest BCUT2D eigenvalue weighted by molar-refractivity contribution is 5.51. The van der Waals surface area contributed by atoms with Crippen molar-refractivity contribution in [1.82, 2.24) is 0 Å². The van der Waals surface area contributed by atoms with Crippen molar-refractivity contribution in [3.05, 3.63) is 22.8 Å². The van der Waals surface area contributed by atoms with E-state index in [-0.39, 0.29) is 6.61 Å². The fourth-order valence-corrected chi connectivity index (χ4v) is 1.75. The van der Waals surface area contributed by atoms with Gasteiger partial charge in [0.05, 0.1) is 6.61 Å². The summed E-state index contributed by atoms with van der Waals surface area (Å²) in [6.45, 7) is 6.63. The van der Waals surface area contributed by atoms with E-state index >= 15 is 0 Å².